The van der Waals surface area contributed by atoms with Gasteiger partial charge in [0, 0.05) is 31.3 Å². The summed E-state index contributed by atoms with van der Waals surface area (Å²) in [6.07, 6.45) is 6.69. The molecule has 3 aromatic rings. The molecular formula is C52H64N4O10Si. The van der Waals surface area contributed by atoms with Crippen LogP contribution in [0.1, 0.15) is 90.3 Å². The number of amides is 4. The van der Waals surface area contributed by atoms with E-state index in [2.05, 4.69) is 47.0 Å². The number of hydrogen-bond donors (Lipinski definition) is 0. The molecule has 0 radical (unpaired) electrons. The number of fused-ring (bicyclic) bond motifs is 4. The van der Waals surface area contributed by atoms with Crippen LogP contribution in [0.2, 0.25) is 18.1 Å². The second kappa shape index (κ2) is 18.6. The summed E-state index contributed by atoms with van der Waals surface area (Å²) in [6.45, 7) is 23.4. The molecule has 15 heteroatoms. The summed E-state index contributed by atoms with van der Waals surface area (Å²) in [5.41, 5.74) is 5.32. The van der Waals surface area contributed by atoms with E-state index in [9.17, 15) is 19.2 Å². The highest BCUT2D eigenvalue weighted by Gasteiger charge is 2.59. The van der Waals surface area contributed by atoms with Crippen LogP contribution in [0, 0.1) is 19.3 Å². The van der Waals surface area contributed by atoms with Crippen LogP contribution in [0.4, 0.5) is 21.0 Å². The first kappa shape index (κ1) is 47.4. The number of methoxy groups -OCH3 is 1. The summed E-state index contributed by atoms with van der Waals surface area (Å²) in [5, 5.41) is -0.176. The Labute approximate surface area is 395 Å². The van der Waals surface area contributed by atoms with E-state index in [0.717, 1.165) is 41.5 Å². The Morgan fingerprint density at radius 1 is 0.851 bits per heavy atom. The Morgan fingerprint density at radius 3 is 2.13 bits per heavy atom. The Balaban J connectivity index is 1.03. The molecule has 1 saturated heterocycles. The van der Waals surface area contributed by atoms with Crippen molar-refractivity contribution in [1.82, 2.24) is 9.80 Å². The fraction of sp³-hybridized carbons (Fsp3) is 0.462. The van der Waals surface area contributed by atoms with Gasteiger partial charge in [-0.2, -0.15) is 0 Å². The van der Waals surface area contributed by atoms with Crippen molar-refractivity contribution < 1.29 is 47.3 Å². The predicted octanol–water partition coefficient (Wildman–Crippen LogP) is 10.0. The van der Waals surface area contributed by atoms with Gasteiger partial charge in [0.25, 0.3) is 11.8 Å². The van der Waals surface area contributed by atoms with Crippen molar-refractivity contribution in [3.8, 4) is 17.2 Å². The van der Waals surface area contributed by atoms with Crippen molar-refractivity contribution in [2.45, 2.75) is 103 Å². The molecule has 14 nitrogen and oxygen atoms in total. The van der Waals surface area contributed by atoms with E-state index in [1.54, 1.807) is 34.1 Å². The van der Waals surface area contributed by atoms with Gasteiger partial charge in [-0.1, -0.05) is 75.9 Å². The zero-order chi connectivity index (χ0) is 48.0. The van der Waals surface area contributed by atoms with Gasteiger partial charge >= 0.3 is 12.2 Å². The van der Waals surface area contributed by atoms with Crippen molar-refractivity contribution in [2.24, 2.45) is 5.41 Å². The molecule has 1 aliphatic carbocycles. The van der Waals surface area contributed by atoms with Crippen LogP contribution in [0.3, 0.4) is 0 Å². The minimum Gasteiger partial charge on any atom is -0.493 e. The summed E-state index contributed by atoms with van der Waals surface area (Å²) in [7, 11) is -1.01. The van der Waals surface area contributed by atoms with Gasteiger partial charge < -0.3 is 37.9 Å². The summed E-state index contributed by atoms with van der Waals surface area (Å²) < 4.78 is 36.9. The molecule has 67 heavy (non-hydrogen) atoms. The van der Waals surface area contributed by atoms with Crippen LogP contribution in [0.5, 0.6) is 17.2 Å². The number of rotatable bonds is 14. The van der Waals surface area contributed by atoms with Gasteiger partial charge in [0.05, 0.1) is 61.5 Å². The van der Waals surface area contributed by atoms with Gasteiger partial charge in [0.2, 0.25) is 0 Å². The molecule has 3 aromatic carbocycles. The topological polar surface area (TPSA) is 137 Å². The number of carbonyl (C=O) groups excluding carboxylic acids is 4. The Morgan fingerprint density at radius 2 is 1.49 bits per heavy atom. The maximum atomic E-state index is 14.6. The average molecular weight is 933 g/mol. The maximum absolute atomic E-state index is 14.6. The number of carbonyl (C=O) groups is 4. The molecule has 0 bridgehead atoms. The largest absolute Gasteiger partial charge is 0.493 e. The normalized spacial score (nSPS) is 20.5. The van der Waals surface area contributed by atoms with E-state index >= 15 is 0 Å². The zero-order valence-corrected chi connectivity index (χ0v) is 41.1. The van der Waals surface area contributed by atoms with E-state index in [4.69, 9.17) is 28.1 Å². The van der Waals surface area contributed by atoms with E-state index in [1.807, 2.05) is 49.2 Å². The van der Waals surface area contributed by atoms with E-state index < -0.39 is 26.7 Å². The number of ether oxygens (including phenoxy) is 5. The Kier molecular flexibility index (Phi) is 13.1. The highest BCUT2D eigenvalue weighted by atomic mass is 28.4. The highest BCUT2D eigenvalue weighted by molar-refractivity contribution is 6.74. The highest BCUT2D eigenvalue weighted by Crippen LogP contribution is 2.57. The fourth-order valence-corrected chi connectivity index (χ4v) is 10.5. The Hall–Kier alpha value is -6.06. The molecule has 4 heterocycles. The van der Waals surface area contributed by atoms with Gasteiger partial charge in [0.1, 0.15) is 19.0 Å². The van der Waals surface area contributed by atoms with E-state index in [1.165, 1.54) is 24.2 Å². The van der Waals surface area contributed by atoms with Gasteiger partial charge in [0.15, 0.2) is 26.0 Å². The molecule has 1 saturated carbocycles. The second-order valence-electron chi connectivity index (χ2n) is 20.0. The van der Waals surface area contributed by atoms with Crippen LogP contribution in [0.15, 0.2) is 80.0 Å². The summed E-state index contributed by atoms with van der Waals surface area (Å²) in [6, 6.07) is 14.3. The first-order valence-corrected chi connectivity index (χ1v) is 26.1. The first-order chi connectivity index (χ1) is 31.9. The molecule has 0 N–H and O–H groups in total. The number of benzene rings is 3. The zero-order valence-electron chi connectivity index (χ0n) is 40.1. The quantitative estimate of drug-likeness (QED) is 0.0873. The van der Waals surface area contributed by atoms with Gasteiger partial charge in [-0.05, 0) is 91.9 Å². The van der Waals surface area contributed by atoms with Gasteiger partial charge in [-0.15, -0.1) is 0 Å². The molecule has 0 aromatic heterocycles. The van der Waals surface area contributed by atoms with Crippen LogP contribution < -0.4 is 24.0 Å². The number of nitrogens with zero attached hydrogens (tertiary/aromatic N) is 4. The van der Waals surface area contributed by atoms with E-state index in [0.29, 0.717) is 53.6 Å². The summed E-state index contributed by atoms with van der Waals surface area (Å²) >= 11 is 0. The lowest BCUT2D eigenvalue weighted by Gasteiger charge is -2.44. The lowest BCUT2D eigenvalue weighted by molar-refractivity contribution is 0.0528. The third-order valence-corrected chi connectivity index (χ3v) is 18.7. The van der Waals surface area contributed by atoms with Crippen molar-refractivity contribution in [3.63, 3.8) is 0 Å². The molecule has 4 amide bonds. The molecule has 4 aliphatic heterocycles. The molecular weight excluding hydrogens is 869 g/mol. The molecule has 3 atom stereocenters. The van der Waals surface area contributed by atoms with Crippen molar-refractivity contribution >= 4 is 49.3 Å². The third kappa shape index (κ3) is 9.32. The predicted molar refractivity (Wildman–Crippen MR) is 260 cm³/mol. The molecule has 1 unspecified atom stereocenters. The lowest BCUT2D eigenvalue weighted by Crippen LogP contribution is -2.58. The average Bonchev–Trinajstić information content (AvgIpc) is 3.80. The van der Waals surface area contributed by atoms with Crippen LogP contribution in [-0.2, 0) is 13.9 Å². The van der Waals surface area contributed by atoms with Crippen molar-refractivity contribution in [2.75, 3.05) is 56.4 Å². The minimum absolute atomic E-state index is 0.00167. The lowest BCUT2D eigenvalue weighted by atomic mass is 10.0. The van der Waals surface area contributed by atoms with Crippen LogP contribution in [-0.4, -0.2) is 107 Å². The number of aryl methyl sites for hydroxylation is 2. The number of hydrogen-bond acceptors (Lipinski definition) is 10. The number of anilines is 2. The molecule has 5 aliphatic rings. The Bertz CT molecular complexity index is 2490. The summed E-state index contributed by atoms with van der Waals surface area (Å²) in [5.74, 6) is 0.750. The third-order valence-electron chi connectivity index (χ3n) is 14.2. The molecule has 8 rings (SSSR count). The van der Waals surface area contributed by atoms with Gasteiger partial charge in [-0.3, -0.25) is 14.5 Å². The van der Waals surface area contributed by atoms with Crippen LogP contribution >= 0.6 is 0 Å². The fourth-order valence-electron chi connectivity index (χ4n) is 9.28. The molecule has 2 fully saturated rings. The molecule has 1 spiro atoms. The second-order valence-corrected chi connectivity index (χ2v) is 24.7. The standard InChI is InChI=1S/C52H64N4O10Si/c1-11-20-64-49(59)54-31-37-25-36(35-16-14-33(3)15-17-35)30-53(37)46(57)39-26-44(61-8)45(27-40(39)54)63-23-13-22-62-43-28-41-38(24-34(43)4)47(58)55-32-52(18-19-52)29-42(55)48(56(41)50(60)65-21-12-2)66-67(9,10)51(5,6)7/h11-12,14-17,24,26-28,30,37,42,48H,1-2,13,18-23,25,29,31-32H2,3-10H3/t37-,42-,48?/m0/s1. The monoisotopic (exact) mass is 932 g/mol. The van der Waals surface area contributed by atoms with Crippen LogP contribution in [0.25, 0.3) is 5.57 Å². The smallest absolute Gasteiger partial charge is 0.416 e. The SMILES string of the molecule is C=CCOC(=O)N1C[C@@H]2CC(c3ccc(C)cc3)=CN2C(=O)c2cc(OC)c(OCCCOc3cc4c(cc3C)C(=O)N3CC5(CC5)C[C@H]3C(O[Si](C)(C)C(C)(C)C)N4C(=O)OCC=C)cc21. The first-order valence-electron chi connectivity index (χ1n) is 23.2. The summed E-state index contributed by atoms with van der Waals surface area (Å²) in [4.78, 5) is 63.5. The van der Waals surface area contributed by atoms with E-state index in [-0.39, 0.29) is 72.9 Å². The van der Waals surface area contributed by atoms with Crippen molar-refractivity contribution in [1.29, 1.82) is 0 Å². The maximum Gasteiger partial charge on any atom is 0.416 e. The minimum atomic E-state index is -2.51. The van der Waals surface area contributed by atoms with Crippen molar-refractivity contribution in [3.05, 3.63) is 108 Å². The van der Waals surface area contributed by atoms with Gasteiger partial charge in [-0.25, -0.2) is 14.5 Å². The molecule has 356 valence electrons.